The molecule has 1 aliphatic rings. The molecule has 27 heavy (non-hydrogen) atoms. The van der Waals surface area contributed by atoms with Crippen molar-refractivity contribution in [1.29, 1.82) is 0 Å². The SMILES string of the molecule is CN=C(NCC(c1ccccc1OC)N(C)C)NCC1(CCO)CCOC1. The van der Waals surface area contributed by atoms with Crippen LogP contribution in [0.4, 0.5) is 0 Å². The van der Waals surface area contributed by atoms with Crippen molar-refractivity contribution in [2.45, 2.75) is 18.9 Å². The Morgan fingerprint density at radius 3 is 2.74 bits per heavy atom. The zero-order valence-corrected chi connectivity index (χ0v) is 17.0. The number of nitrogens with one attached hydrogen (secondary N) is 2. The highest BCUT2D eigenvalue weighted by Crippen LogP contribution is 2.31. The predicted octanol–water partition coefficient (Wildman–Crippen LogP) is 1.25. The summed E-state index contributed by atoms with van der Waals surface area (Å²) in [5.74, 6) is 1.63. The van der Waals surface area contributed by atoms with Crippen molar-refractivity contribution in [3.63, 3.8) is 0 Å². The van der Waals surface area contributed by atoms with Crippen molar-refractivity contribution in [2.24, 2.45) is 10.4 Å². The Labute approximate surface area is 162 Å². The van der Waals surface area contributed by atoms with Crippen molar-refractivity contribution in [1.82, 2.24) is 15.5 Å². The first-order valence-electron chi connectivity index (χ1n) is 9.47. The van der Waals surface area contributed by atoms with E-state index in [1.54, 1.807) is 14.2 Å². The molecule has 1 aromatic rings. The molecule has 0 aliphatic carbocycles. The van der Waals surface area contributed by atoms with Crippen molar-refractivity contribution >= 4 is 5.96 Å². The number of nitrogens with zero attached hydrogens (tertiary/aromatic N) is 2. The molecule has 7 nitrogen and oxygen atoms in total. The number of rotatable bonds is 9. The smallest absolute Gasteiger partial charge is 0.191 e. The number of ether oxygens (including phenoxy) is 2. The van der Waals surface area contributed by atoms with Crippen LogP contribution >= 0.6 is 0 Å². The molecule has 3 N–H and O–H groups in total. The number of hydrogen-bond acceptors (Lipinski definition) is 5. The van der Waals surface area contributed by atoms with E-state index in [4.69, 9.17) is 9.47 Å². The van der Waals surface area contributed by atoms with Gasteiger partial charge in [0.15, 0.2) is 5.96 Å². The number of likely N-dealkylation sites (N-methyl/N-ethyl adjacent to an activating group) is 1. The van der Waals surface area contributed by atoms with E-state index in [0.717, 1.165) is 43.3 Å². The number of hydrogen-bond donors (Lipinski definition) is 3. The van der Waals surface area contributed by atoms with Gasteiger partial charge in [-0.25, -0.2) is 0 Å². The molecule has 1 heterocycles. The van der Waals surface area contributed by atoms with Crippen molar-refractivity contribution in [3.8, 4) is 5.75 Å². The van der Waals surface area contributed by atoms with Gasteiger partial charge in [0.25, 0.3) is 0 Å². The molecule has 0 aromatic heterocycles. The summed E-state index contributed by atoms with van der Waals surface area (Å²) in [5.41, 5.74) is 1.12. The molecule has 1 saturated heterocycles. The fraction of sp³-hybridized carbons (Fsp3) is 0.650. The minimum absolute atomic E-state index is 0.0179. The van der Waals surface area contributed by atoms with E-state index in [1.165, 1.54) is 0 Å². The zero-order chi connectivity index (χ0) is 19.7. The lowest BCUT2D eigenvalue weighted by Crippen LogP contribution is -2.46. The zero-order valence-electron chi connectivity index (χ0n) is 17.0. The Morgan fingerprint density at radius 2 is 2.15 bits per heavy atom. The first kappa shape index (κ1) is 21.5. The van der Waals surface area contributed by atoms with Gasteiger partial charge in [0, 0.05) is 44.3 Å². The van der Waals surface area contributed by atoms with E-state index >= 15 is 0 Å². The van der Waals surface area contributed by atoms with Gasteiger partial charge in [0.2, 0.25) is 0 Å². The molecule has 152 valence electrons. The van der Waals surface area contributed by atoms with Gasteiger partial charge in [-0.15, -0.1) is 0 Å². The Bertz CT molecular complexity index is 601. The normalized spacial score (nSPS) is 21.3. The van der Waals surface area contributed by atoms with E-state index < -0.39 is 0 Å². The van der Waals surface area contributed by atoms with Crippen LogP contribution in [0.25, 0.3) is 0 Å². The monoisotopic (exact) mass is 378 g/mol. The van der Waals surface area contributed by atoms with E-state index in [9.17, 15) is 5.11 Å². The number of guanidine groups is 1. The van der Waals surface area contributed by atoms with Crippen LogP contribution in [0.5, 0.6) is 5.75 Å². The van der Waals surface area contributed by atoms with Gasteiger partial charge in [-0.05, 0) is 33.0 Å². The molecule has 0 bridgehead atoms. The van der Waals surface area contributed by atoms with Crippen LogP contribution in [0.15, 0.2) is 29.3 Å². The second kappa shape index (κ2) is 10.5. The van der Waals surface area contributed by atoms with Gasteiger partial charge in [-0.1, -0.05) is 18.2 Å². The van der Waals surface area contributed by atoms with E-state index in [-0.39, 0.29) is 18.1 Å². The van der Waals surface area contributed by atoms with Crippen LogP contribution in [0, 0.1) is 5.41 Å². The highest BCUT2D eigenvalue weighted by atomic mass is 16.5. The molecule has 0 radical (unpaired) electrons. The fourth-order valence-electron chi connectivity index (χ4n) is 3.51. The van der Waals surface area contributed by atoms with Gasteiger partial charge < -0.3 is 30.1 Å². The molecule has 7 heteroatoms. The Hall–Kier alpha value is -1.83. The summed E-state index contributed by atoms with van der Waals surface area (Å²) in [5, 5.41) is 16.2. The van der Waals surface area contributed by atoms with Gasteiger partial charge in [-0.3, -0.25) is 4.99 Å². The highest BCUT2D eigenvalue weighted by Gasteiger charge is 2.34. The molecule has 2 unspecified atom stereocenters. The van der Waals surface area contributed by atoms with Crippen LogP contribution in [0.1, 0.15) is 24.4 Å². The fourth-order valence-corrected chi connectivity index (χ4v) is 3.51. The van der Waals surface area contributed by atoms with Crippen molar-refractivity contribution in [2.75, 3.05) is 61.2 Å². The third-order valence-electron chi connectivity index (χ3n) is 5.27. The van der Waals surface area contributed by atoms with Crippen molar-refractivity contribution in [3.05, 3.63) is 29.8 Å². The van der Waals surface area contributed by atoms with Crippen molar-refractivity contribution < 1.29 is 14.6 Å². The molecule has 0 saturated carbocycles. The molecule has 2 atom stereocenters. The summed E-state index contributed by atoms with van der Waals surface area (Å²) >= 11 is 0. The van der Waals surface area contributed by atoms with Crippen LogP contribution in [-0.4, -0.2) is 77.1 Å². The van der Waals surface area contributed by atoms with E-state index in [2.05, 4.69) is 40.7 Å². The minimum Gasteiger partial charge on any atom is -0.496 e. The first-order chi connectivity index (χ1) is 13.0. The molecular formula is C20H34N4O3. The number of benzene rings is 1. The Balaban J connectivity index is 1.98. The lowest BCUT2D eigenvalue weighted by atomic mass is 9.84. The third kappa shape index (κ3) is 5.82. The molecule has 2 rings (SSSR count). The molecule has 1 aliphatic heterocycles. The second-order valence-electron chi connectivity index (χ2n) is 7.30. The quantitative estimate of drug-likeness (QED) is 0.443. The maximum absolute atomic E-state index is 9.38. The standard InChI is InChI=1S/C20H34N4O3/c1-21-19(23-14-20(9-11-25)10-12-27-15-20)22-13-17(24(2)3)16-7-5-6-8-18(16)26-4/h5-8,17,25H,9-15H2,1-4H3,(H2,21,22,23). The first-order valence-corrected chi connectivity index (χ1v) is 9.47. The second-order valence-corrected chi connectivity index (χ2v) is 7.30. The summed E-state index contributed by atoms with van der Waals surface area (Å²) in [4.78, 5) is 6.51. The van der Waals surface area contributed by atoms with Gasteiger partial charge in [-0.2, -0.15) is 0 Å². The summed E-state index contributed by atoms with van der Waals surface area (Å²) in [6.07, 6.45) is 1.69. The average Bonchev–Trinajstić information content (AvgIpc) is 3.13. The Kier molecular flexibility index (Phi) is 8.34. The lowest BCUT2D eigenvalue weighted by molar-refractivity contribution is 0.127. The van der Waals surface area contributed by atoms with Crippen LogP contribution in [-0.2, 0) is 4.74 Å². The largest absolute Gasteiger partial charge is 0.496 e. The van der Waals surface area contributed by atoms with Gasteiger partial charge in [0.05, 0.1) is 19.8 Å². The third-order valence-corrected chi connectivity index (χ3v) is 5.27. The van der Waals surface area contributed by atoms with Gasteiger partial charge >= 0.3 is 0 Å². The molecule has 1 fully saturated rings. The number of aliphatic hydroxyl groups excluding tert-OH is 1. The van der Waals surface area contributed by atoms with E-state index in [1.807, 2.05) is 18.2 Å². The minimum atomic E-state index is -0.0179. The number of methoxy groups -OCH3 is 1. The predicted molar refractivity (Wildman–Crippen MR) is 108 cm³/mol. The number of aliphatic hydroxyl groups is 1. The number of aliphatic imine (C=N–C) groups is 1. The molecule has 0 spiro atoms. The lowest BCUT2D eigenvalue weighted by Gasteiger charge is -2.29. The highest BCUT2D eigenvalue weighted by molar-refractivity contribution is 5.79. The maximum atomic E-state index is 9.38. The summed E-state index contributed by atoms with van der Waals surface area (Å²) in [6.45, 7) is 3.03. The summed E-state index contributed by atoms with van der Waals surface area (Å²) in [6, 6.07) is 8.22. The van der Waals surface area contributed by atoms with Crippen LogP contribution in [0.2, 0.25) is 0 Å². The summed E-state index contributed by atoms with van der Waals surface area (Å²) in [7, 11) is 7.58. The van der Waals surface area contributed by atoms with Crippen LogP contribution in [0.3, 0.4) is 0 Å². The molecule has 1 aromatic carbocycles. The summed E-state index contributed by atoms with van der Waals surface area (Å²) < 4.78 is 11.1. The average molecular weight is 379 g/mol. The molecular weight excluding hydrogens is 344 g/mol. The Morgan fingerprint density at radius 1 is 1.37 bits per heavy atom. The maximum Gasteiger partial charge on any atom is 0.191 e. The van der Waals surface area contributed by atoms with Crippen LogP contribution < -0.4 is 15.4 Å². The number of para-hydroxylation sites is 1. The molecule has 0 amide bonds. The van der Waals surface area contributed by atoms with Gasteiger partial charge in [0.1, 0.15) is 5.75 Å². The topological polar surface area (TPSA) is 78.4 Å². The van der Waals surface area contributed by atoms with E-state index in [0.29, 0.717) is 13.2 Å².